The summed E-state index contributed by atoms with van der Waals surface area (Å²) in [6.45, 7) is 7.49. The summed E-state index contributed by atoms with van der Waals surface area (Å²) >= 11 is 3.48. The summed E-state index contributed by atoms with van der Waals surface area (Å²) in [5, 5.41) is 8.71. The van der Waals surface area contributed by atoms with Crippen molar-refractivity contribution in [3.05, 3.63) is 40.9 Å². The van der Waals surface area contributed by atoms with Crippen molar-refractivity contribution >= 4 is 29.1 Å². The summed E-state index contributed by atoms with van der Waals surface area (Å²) in [6, 6.07) is 6.22. The molecule has 2 rings (SSSR count). The summed E-state index contributed by atoms with van der Waals surface area (Å²) in [4.78, 5) is 9.00. The second-order valence-electron chi connectivity index (χ2n) is 6.07. The fourth-order valence-corrected chi connectivity index (χ4v) is 4.04. The Kier molecular flexibility index (Phi) is 10.8. The van der Waals surface area contributed by atoms with E-state index in [9.17, 15) is 0 Å². The van der Waals surface area contributed by atoms with Gasteiger partial charge in [0.05, 0.1) is 13.2 Å². The number of nitrogens with zero attached hydrogens (tertiary/aromatic N) is 2. The van der Waals surface area contributed by atoms with Gasteiger partial charge in [-0.05, 0) is 31.9 Å². The van der Waals surface area contributed by atoms with Crippen molar-refractivity contribution < 1.29 is 9.47 Å². The molecular weight excluding hydrogens is 392 g/mol. The molecule has 28 heavy (non-hydrogen) atoms. The molecule has 0 amide bonds. The number of hydrogen-bond donors (Lipinski definition) is 2. The van der Waals surface area contributed by atoms with E-state index in [-0.39, 0.29) is 0 Å². The normalized spacial score (nSPS) is 11.5. The third kappa shape index (κ3) is 8.50. The van der Waals surface area contributed by atoms with Gasteiger partial charge in [0.1, 0.15) is 16.7 Å². The first-order valence-corrected chi connectivity index (χ1v) is 11.3. The standard InChI is InChI=1S/C20H30N4O2S2/c1-4-21-19(22-8-5-12-27-20-23-9-13-28-20)24-15-17-7-6-16(2)14-18(17)26-11-10-25-3/h6-7,9,13-14H,4-5,8,10-12,15H2,1-3H3,(H2,21,22,24). The van der Waals surface area contributed by atoms with Crippen molar-refractivity contribution in [1.29, 1.82) is 0 Å². The molecule has 0 aliphatic heterocycles. The highest BCUT2D eigenvalue weighted by atomic mass is 32.2. The van der Waals surface area contributed by atoms with Crippen LogP contribution in [0.3, 0.4) is 0 Å². The Morgan fingerprint density at radius 3 is 2.93 bits per heavy atom. The zero-order valence-electron chi connectivity index (χ0n) is 16.9. The number of aromatic nitrogens is 1. The van der Waals surface area contributed by atoms with Crippen LogP contribution in [-0.4, -0.2) is 50.1 Å². The van der Waals surface area contributed by atoms with Gasteiger partial charge in [0.2, 0.25) is 0 Å². The van der Waals surface area contributed by atoms with Crippen molar-refractivity contribution in [2.24, 2.45) is 4.99 Å². The molecule has 6 nitrogen and oxygen atoms in total. The molecule has 1 heterocycles. The minimum absolute atomic E-state index is 0.533. The van der Waals surface area contributed by atoms with Crippen molar-refractivity contribution in [3.8, 4) is 5.75 Å². The van der Waals surface area contributed by atoms with Gasteiger partial charge in [-0.3, -0.25) is 0 Å². The Bertz CT molecular complexity index is 708. The minimum Gasteiger partial charge on any atom is -0.491 e. The summed E-state index contributed by atoms with van der Waals surface area (Å²) in [7, 11) is 1.68. The molecule has 2 N–H and O–H groups in total. The van der Waals surface area contributed by atoms with Gasteiger partial charge in [-0.2, -0.15) is 0 Å². The molecule has 0 unspecified atom stereocenters. The van der Waals surface area contributed by atoms with E-state index in [0.717, 1.165) is 46.9 Å². The van der Waals surface area contributed by atoms with Gasteiger partial charge in [-0.25, -0.2) is 9.98 Å². The maximum absolute atomic E-state index is 5.86. The number of methoxy groups -OCH3 is 1. The average molecular weight is 423 g/mol. The molecule has 2 aromatic rings. The lowest BCUT2D eigenvalue weighted by Crippen LogP contribution is -2.37. The number of guanidine groups is 1. The molecule has 0 radical (unpaired) electrons. The number of thioether (sulfide) groups is 1. The van der Waals surface area contributed by atoms with Gasteiger partial charge in [-0.15, -0.1) is 11.3 Å². The first-order chi connectivity index (χ1) is 13.7. The van der Waals surface area contributed by atoms with Crippen molar-refractivity contribution in [3.63, 3.8) is 0 Å². The highest BCUT2D eigenvalue weighted by Crippen LogP contribution is 2.22. The van der Waals surface area contributed by atoms with E-state index in [2.05, 4.69) is 47.7 Å². The highest BCUT2D eigenvalue weighted by Gasteiger charge is 2.05. The molecule has 0 fully saturated rings. The zero-order valence-corrected chi connectivity index (χ0v) is 18.5. The Hall–Kier alpha value is -1.77. The number of hydrogen-bond acceptors (Lipinski definition) is 6. The number of benzene rings is 1. The lowest BCUT2D eigenvalue weighted by Gasteiger charge is -2.13. The highest BCUT2D eigenvalue weighted by molar-refractivity contribution is 8.00. The van der Waals surface area contributed by atoms with Crippen LogP contribution in [0, 0.1) is 6.92 Å². The van der Waals surface area contributed by atoms with Gasteiger partial charge in [0.15, 0.2) is 5.96 Å². The first-order valence-electron chi connectivity index (χ1n) is 9.48. The molecule has 0 saturated carbocycles. The Morgan fingerprint density at radius 2 is 2.18 bits per heavy atom. The van der Waals surface area contributed by atoms with Crippen molar-refractivity contribution in [2.45, 2.75) is 31.2 Å². The van der Waals surface area contributed by atoms with Crippen LogP contribution in [0.4, 0.5) is 0 Å². The predicted octanol–water partition coefficient (Wildman–Crippen LogP) is 3.71. The second-order valence-corrected chi connectivity index (χ2v) is 8.31. The number of nitrogens with one attached hydrogen (secondary N) is 2. The quantitative estimate of drug-likeness (QED) is 0.235. The van der Waals surface area contributed by atoms with E-state index in [4.69, 9.17) is 14.5 Å². The van der Waals surface area contributed by atoms with Crippen LogP contribution < -0.4 is 15.4 Å². The lowest BCUT2D eigenvalue weighted by molar-refractivity contribution is 0.145. The first kappa shape index (κ1) is 22.5. The molecular formula is C20H30N4O2S2. The topological polar surface area (TPSA) is 67.8 Å². The number of aliphatic imine (C=N–C) groups is 1. The van der Waals surface area contributed by atoms with Crippen LogP contribution in [0.1, 0.15) is 24.5 Å². The third-order valence-electron chi connectivity index (χ3n) is 3.77. The molecule has 0 bridgehead atoms. The van der Waals surface area contributed by atoms with Gasteiger partial charge in [0, 0.05) is 43.1 Å². The fraction of sp³-hybridized carbons (Fsp3) is 0.500. The van der Waals surface area contributed by atoms with Crippen LogP contribution >= 0.6 is 23.1 Å². The molecule has 154 valence electrons. The fourth-order valence-electron chi connectivity index (χ4n) is 2.39. The smallest absolute Gasteiger partial charge is 0.191 e. The van der Waals surface area contributed by atoms with Crippen LogP contribution in [0.15, 0.2) is 39.1 Å². The zero-order chi connectivity index (χ0) is 20.0. The summed E-state index contributed by atoms with van der Waals surface area (Å²) < 4.78 is 12.1. The van der Waals surface area contributed by atoms with E-state index < -0.39 is 0 Å². The van der Waals surface area contributed by atoms with Gasteiger partial charge in [-0.1, -0.05) is 23.9 Å². The molecule has 1 aromatic heterocycles. The Labute approximate surface area is 176 Å². The van der Waals surface area contributed by atoms with Crippen molar-refractivity contribution in [2.75, 3.05) is 39.2 Å². The van der Waals surface area contributed by atoms with Crippen LogP contribution in [0.5, 0.6) is 5.75 Å². The maximum Gasteiger partial charge on any atom is 0.191 e. The predicted molar refractivity (Wildman–Crippen MR) is 119 cm³/mol. The second kappa shape index (κ2) is 13.4. The molecule has 1 aromatic carbocycles. The van der Waals surface area contributed by atoms with Crippen LogP contribution in [0.25, 0.3) is 0 Å². The van der Waals surface area contributed by atoms with Crippen molar-refractivity contribution in [1.82, 2.24) is 15.6 Å². The summed E-state index contributed by atoms with van der Waals surface area (Å²) in [5.41, 5.74) is 2.24. The maximum atomic E-state index is 5.86. The molecule has 0 spiro atoms. The average Bonchev–Trinajstić information content (AvgIpc) is 3.20. The van der Waals surface area contributed by atoms with E-state index in [1.165, 1.54) is 5.56 Å². The largest absolute Gasteiger partial charge is 0.491 e. The number of ether oxygens (including phenoxy) is 2. The monoisotopic (exact) mass is 422 g/mol. The lowest BCUT2D eigenvalue weighted by atomic mass is 10.1. The third-order valence-corrected chi connectivity index (χ3v) is 5.82. The van der Waals surface area contributed by atoms with Gasteiger partial charge in [0.25, 0.3) is 0 Å². The molecule has 0 aliphatic carbocycles. The minimum atomic E-state index is 0.533. The van der Waals surface area contributed by atoms with E-state index in [0.29, 0.717) is 19.8 Å². The number of aryl methyl sites for hydroxylation is 1. The molecule has 0 aliphatic rings. The van der Waals surface area contributed by atoms with Gasteiger partial charge < -0.3 is 20.1 Å². The van der Waals surface area contributed by atoms with Crippen LogP contribution in [0.2, 0.25) is 0 Å². The van der Waals surface area contributed by atoms with Gasteiger partial charge >= 0.3 is 0 Å². The van der Waals surface area contributed by atoms with E-state index in [1.54, 1.807) is 30.2 Å². The summed E-state index contributed by atoms with van der Waals surface area (Å²) in [5.74, 6) is 2.73. The molecule has 0 saturated heterocycles. The Balaban J connectivity index is 1.85. The number of thiazole rings is 1. The number of rotatable bonds is 12. The molecule has 8 heteroatoms. The Morgan fingerprint density at radius 1 is 1.29 bits per heavy atom. The SMILES string of the molecule is CCNC(=NCc1ccc(C)cc1OCCOC)NCCCSc1nccs1. The van der Waals surface area contributed by atoms with E-state index in [1.807, 2.05) is 11.6 Å². The summed E-state index contributed by atoms with van der Waals surface area (Å²) in [6.07, 6.45) is 2.89. The molecule has 0 atom stereocenters. The van der Waals surface area contributed by atoms with E-state index >= 15 is 0 Å². The van der Waals surface area contributed by atoms with Crippen LogP contribution in [-0.2, 0) is 11.3 Å².